The van der Waals surface area contributed by atoms with E-state index in [1.807, 2.05) is 24.3 Å². The first kappa shape index (κ1) is 17.2. The molecular formula is C22H22N2S. The number of benzene rings is 3. The highest BCUT2D eigenvalue weighted by molar-refractivity contribution is 7.80. The lowest BCUT2D eigenvalue weighted by molar-refractivity contribution is 0.723. The number of thiocarbonyl (C=S) groups is 1. The van der Waals surface area contributed by atoms with Crippen LogP contribution in [0.15, 0.2) is 78.9 Å². The van der Waals surface area contributed by atoms with Gasteiger partial charge in [-0.3, -0.25) is 0 Å². The van der Waals surface area contributed by atoms with E-state index in [-0.39, 0.29) is 6.04 Å². The molecule has 25 heavy (non-hydrogen) atoms. The molecule has 1 atom stereocenters. The maximum atomic E-state index is 5.45. The smallest absolute Gasteiger partial charge is 0.171 e. The van der Waals surface area contributed by atoms with E-state index in [1.165, 1.54) is 22.3 Å². The SMILES string of the molecule is Cc1ccccc1NC(=S)N[C@H](C)c1ccc(-c2ccccc2)cc1. The van der Waals surface area contributed by atoms with Gasteiger partial charge in [-0.05, 0) is 54.4 Å². The minimum atomic E-state index is 0.133. The molecule has 0 saturated heterocycles. The minimum Gasteiger partial charge on any atom is -0.356 e. The van der Waals surface area contributed by atoms with E-state index < -0.39 is 0 Å². The fourth-order valence-electron chi connectivity index (χ4n) is 2.75. The molecule has 0 spiro atoms. The van der Waals surface area contributed by atoms with Crippen molar-refractivity contribution in [3.05, 3.63) is 90.0 Å². The Morgan fingerprint density at radius 1 is 0.800 bits per heavy atom. The van der Waals surface area contributed by atoms with Crippen LogP contribution in [0.1, 0.15) is 24.1 Å². The van der Waals surface area contributed by atoms with Gasteiger partial charge < -0.3 is 10.6 Å². The zero-order chi connectivity index (χ0) is 17.6. The lowest BCUT2D eigenvalue weighted by atomic mass is 10.0. The van der Waals surface area contributed by atoms with E-state index in [0.717, 1.165) is 5.69 Å². The first-order valence-electron chi connectivity index (χ1n) is 8.42. The summed E-state index contributed by atoms with van der Waals surface area (Å²) in [5.41, 5.74) is 5.86. The molecule has 0 fully saturated rings. The summed E-state index contributed by atoms with van der Waals surface area (Å²) in [7, 11) is 0. The summed E-state index contributed by atoms with van der Waals surface area (Å²) in [6, 6.07) is 27.3. The number of hydrogen-bond acceptors (Lipinski definition) is 1. The first-order chi connectivity index (χ1) is 12.1. The van der Waals surface area contributed by atoms with Crippen molar-refractivity contribution in [2.75, 3.05) is 5.32 Å². The van der Waals surface area contributed by atoms with Crippen molar-refractivity contribution in [3.8, 4) is 11.1 Å². The number of hydrogen-bond donors (Lipinski definition) is 2. The van der Waals surface area contributed by atoms with E-state index >= 15 is 0 Å². The van der Waals surface area contributed by atoms with Gasteiger partial charge in [0.2, 0.25) is 0 Å². The number of para-hydroxylation sites is 1. The van der Waals surface area contributed by atoms with Crippen molar-refractivity contribution >= 4 is 23.0 Å². The van der Waals surface area contributed by atoms with Gasteiger partial charge in [0.1, 0.15) is 0 Å². The Morgan fingerprint density at radius 2 is 1.40 bits per heavy atom. The van der Waals surface area contributed by atoms with Gasteiger partial charge >= 0.3 is 0 Å². The second-order valence-corrected chi connectivity index (χ2v) is 6.53. The Hall–Kier alpha value is -2.65. The molecule has 0 bridgehead atoms. The van der Waals surface area contributed by atoms with E-state index in [2.05, 4.69) is 79.1 Å². The fraction of sp³-hybridized carbons (Fsp3) is 0.136. The molecule has 0 aliphatic rings. The molecule has 3 heteroatoms. The van der Waals surface area contributed by atoms with Crippen LogP contribution in [0.2, 0.25) is 0 Å². The molecule has 3 aromatic rings. The molecule has 0 aliphatic heterocycles. The maximum absolute atomic E-state index is 5.45. The molecule has 3 aromatic carbocycles. The zero-order valence-electron chi connectivity index (χ0n) is 14.5. The highest BCUT2D eigenvalue weighted by atomic mass is 32.1. The first-order valence-corrected chi connectivity index (χ1v) is 8.83. The third-order valence-electron chi connectivity index (χ3n) is 4.26. The van der Waals surface area contributed by atoms with E-state index in [0.29, 0.717) is 5.11 Å². The third-order valence-corrected chi connectivity index (χ3v) is 4.48. The van der Waals surface area contributed by atoms with Crippen LogP contribution in [0.5, 0.6) is 0 Å². The summed E-state index contributed by atoms with van der Waals surface area (Å²) in [5.74, 6) is 0. The Balaban J connectivity index is 1.64. The Bertz CT molecular complexity index is 841. The van der Waals surface area contributed by atoms with Crippen molar-refractivity contribution in [3.63, 3.8) is 0 Å². The predicted octanol–water partition coefficient (Wildman–Crippen LogP) is 5.71. The third kappa shape index (κ3) is 4.46. The van der Waals surface area contributed by atoms with Gasteiger partial charge in [0.15, 0.2) is 5.11 Å². The second kappa shape index (κ2) is 7.95. The number of nitrogens with one attached hydrogen (secondary N) is 2. The predicted molar refractivity (Wildman–Crippen MR) is 111 cm³/mol. The highest BCUT2D eigenvalue weighted by Gasteiger charge is 2.08. The molecule has 0 radical (unpaired) electrons. The van der Waals surface area contributed by atoms with Gasteiger partial charge in [-0.1, -0.05) is 72.8 Å². The van der Waals surface area contributed by atoms with Gasteiger partial charge in [0.05, 0.1) is 6.04 Å². The van der Waals surface area contributed by atoms with Crippen LogP contribution in [0, 0.1) is 6.92 Å². The van der Waals surface area contributed by atoms with E-state index in [9.17, 15) is 0 Å². The normalized spacial score (nSPS) is 11.6. The van der Waals surface area contributed by atoms with Gasteiger partial charge in [0.25, 0.3) is 0 Å². The molecule has 0 amide bonds. The van der Waals surface area contributed by atoms with Gasteiger partial charge in [-0.25, -0.2) is 0 Å². The quantitative estimate of drug-likeness (QED) is 0.592. The summed E-state index contributed by atoms with van der Waals surface area (Å²) in [6.45, 7) is 4.18. The maximum Gasteiger partial charge on any atom is 0.171 e. The molecule has 0 saturated carbocycles. The van der Waals surface area contributed by atoms with Crippen LogP contribution in [0.4, 0.5) is 5.69 Å². The number of aryl methyl sites for hydroxylation is 1. The molecular weight excluding hydrogens is 324 g/mol. The molecule has 3 rings (SSSR count). The lowest BCUT2D eigenvalue weighted by Gasteiger charge is -2.18. The summed E-state index contributed by atoms with van der Waals surface area (Å²) in [6.07, 6.45) is 0. The Kier molecular flexibility index (Phi) is 5.46. The summed E-state index contributed by atoms with van der Waals surface area (Å²) in [5, 5.41) is 7.25. The van der Waals surface area contributed by atoms with Crippen molar-refractivity contribution in [1.82, 2.24) is 5.32 Å². The molecule has 0 aromatic heterocycles. The van der Waals surface area contributed by atoms with Gasteiger partial charge in [0, 0.05) is 5.69 Å². The molecule has 0 heterocycles. The molecule has 0 unspecified atom stereocenters. The number of anilines is 1. The fourth-order valence-corrected chi connectivity index (χ4v) is 3.03. The largest absolute Gasteiger partial charge is 0.356 e. The molecule has 126 valence electrons. The van der Waals surface area contributed by atoms with Crippen LogP contribution in [0.3, 0.4) is 0 Å². The van der Waals surface area contributed by atoms with Crippen LogP contribution in [-0.2, 0) is 0 Å². The van der Waals surface area contributed by atoms with E-state index in [4.69, 9.17) is 12.2 Å². The lowest BCUT2D eigenvalue weighted by Crippen LogP contribution is -2.31. The topological polar surface area (TPSA) is 24.1 Å². The van der Waals surface area contributed by atoms with Gasteiger partial charge in [-0.15, -0.1) is 0 Å². The van der Waals surface area contributed by atoms with Crippen molar-refractivity contribution in [2.45, 2.75) is 19.9 Å². The van der Waals surface area contributed by atoms with Crippen LogP contribution in [-0.4, -0.2) is 5.11 Å². The highest BCUT2D eigenvalue weighted by Crippen LogP contribution is 2.22. The van der Waals surface area contributed by atoms with Crippen molar-refractivity contribution < 1.29 is 0 Å². The monoisotopic (exact) mass is 346 g/mol. The average Bonchev–Trinajstić information content (AvgIpc) is 2.64. The van der Waals surface area contributed by atoms with Crippen LogP contribution < -0.4 is 10.6 Å². The Labute approximate surface area is 154 Å². The summed E-state index contributed by atoms with van der Waals surface area (Å²) in [4.78, 5) is 0. The minimum absolute atomic E-state index is 0.133. The zero-order valence-corrected chi connectivity index (χ0v) is 15.3. The molecule has 0 aliphatic carbocycles. The van der Waals surface area contributed by atoms with E-state index in [1.54, 1.807) is 0 Å². The Morgan fingerprint density at radius 3 is 2.08 bits per heavy atom. The molecule has 2 nitrogen and oxygen atoms in total. The average molecular weight is 346 g/mol. The summed E-state index contributed by atoms with van der Waals surface area (Å²) < 4.78 is 0. The molecule has 2 N–H and O–H groups in total. The standard InChI is InChI=1S/C22H22N2S/c1-16-8-6-7-11-21(16)24-22(25)23-17(2)18-12-14-20(15-13-18)19-9-4-3-5-10-19/h3-15,17H,1-2H3,(H2,23,24,25)/t17-/m1/s1. The van der Waals surface area contributed by atoms with Gasteiger partial charge in [-0.2, -0.15) is 0 Å². The summed E-state index contributed by atoms with van der Waals surface area (Å²) >= 11 is 5.45. The second-order valence-electron chi connectivity index (χ2n) is 6.12. The van der Waals surface area contributed by atoms with Crippen molar-refractivity contribution in [2.24, 2.45) is 0 Å². The number of rotatable bonds is 4. The van der Waals surface area contributed by atoms with Crippen LogP contribution >= 0.6 is 12.2 Å². The van der Waals surface area contributed by atoms with Crippen molar-refractivity contribution in [1.29, 1.82) is 0 Å². The van der Waals surface area contributed by atoms with Crippen LogP contribution in [0.25, 0.3) is 11.1 Å².